The number of nitrogens with two attached hydrogens (primary N) is 1. The van der Waals surface area contributed by atoms with Gasteiger partial charge < -0.3 is 5.73 Å². The van der Waals surface area contributed by atoms with E-state index >= 15 is 0 Å². The summed E-state index contributed by atoms with van der Waals surface area (Å²) in [5.74, 6) is -0.254. The second-order valence-electron chi connectivity index (χ2n) is 9.39. The van der Waals surface area contributed by atoms with Crippen molar-refractivity contribution < 1.29 is 0 Å². The molecule has 0 bridgehead atoms. The Labute approximate surface area is 230 Å². The Morgan fingerprint density at radius 1 is 0.538 bits per heavy atom. The second-order valence-corrected chi connectivity index (χ2v) is 13.2. The first-order valence-electron chi connectivity index (χ1n) is 12.9. The third-order valence-electron chi connectivity index (χ3n) is 6.95. The Balaban J connectivity index is 1.51. The van der Waals surface area contributed by atoms with Crippen LogP contribution >= 0.6 is 7.26 Å². The van der Waals surface area contributed by atoms with Gasteiger partial charge in [0.1, 0.15) is 0 Å². The van der Waals surface area contributed by atoms with Gasteiger partial charge in [-0.05, 0) is 0 Å². The van der Waals surface area contributed by atoms with Crippen molar-refractivity contribution in [3.8, 4) is 11.1 Å². The summed E-state index contributed by atoms with van der Waals surface area (Å²) in [6, 6.07) is 50.2. The standard InChI is InChI=1S/C33H32N5P/c34-32(35)38-33(36)37-24-25-16-18-26(19-17-25)27-20-22-31(23-21-27)39(28-10-4-1-5-11-28,29-12-6-2-7-13-29)30-14-8-3-9-15-30/h1-23,39H,24H2,(H6,34,35,36,37,38). The summed E-state index contributed by atoms with van der Waals surface area (Å²) in [5.41, 5.74) is 8.60. The van der Waals surface area contributed by atoms with E-state index in [9.17, 15) is 0 Å². The van der Waals surface area contributed by atoms with Crippen molar-refractivity contribution in [2.45, 2.75) is 6.54 Å². The molecule has 39 heavy (non-hydrogen) atoms. The van der Waals surface area contributed by atoms with Crippen molar-refractivity contribution in [1.29, 1.82) is 10.8 Å². The first-order valence-corrected chi connectivity index (χ1v) is 14.9. The number of hydrogen-bond donors (Lipinski definition) is 5. The molecule has 0 aliphatic heterocycles. The van der Waals surface area contributed by atoms with Gasteiger partial charge in [0.25, 0.3) is 0 Å². The molecule has 0 unspecified atom stereocenters. The van der Waals surface area contributed by atoms with Gasteiger partial charge in [-0.15, -0.1) is 0 Å². The van der Waals surface area contributed by atoms with Crippen molar-refractivity contribution in [3.05, 3.63) is 145 Å². The second kappa shape index (κ2) is 11.8. The molecule has 5 aromatic rings. The molecular weight excluding hydrogens is 497 g/mol. The molecule has 0 amide bonds. The quantitative estimate of drug-likeness (QED) is 0.124. The van der Waals surface area contributed by atoms with Gasteiger partial charge in [0.05, 0.1) is 0 Å². The third kappa shape index (κ3) is 5.59. The van der Waals surface area contributed by atoms with Gasteiger partial charge in [-0.25, -0.2) is 0 Å². The summed E-state index contributed by atoms with van der Waals surface area (Å²) in [7, 11) is -2.52. The van der Waals surface area contributed by atoms with Crippen LogP contribution in [0.1, 0.15) is 5.56 Å². The van der Waals surface area contributed by atoms with Crippen LogP contribution in [0.4, 0.5) is 0 Å². The van der Waals surface area contributed by atoms with Gasteiger partial charge in [-0.3, -0.25) is 5.41 Å². The van der Waals surface area contributed by atoms with Gasteiger partial charge in [-0.2, -0.15) is 0 Å². The zero-order valence-corrected chi connectivity index (χ0v) is 22.6. The number of rotatable bonds is 7. The maximum atomic E-state index is 7.76. The first kappa shape index (κ1) is 25.9. The third-order valence-corrected chi connectivity index (χ3v) is 11.8. The zero-order valence-electron chi connectivity index (χ0n) is 21.6. The van der Waals surface area contributed by atoms with E-state index in [2.05, 4.69) is 138 Å². The maximum absolute atomic E-state index is 7.76. The van der Waals surface area contributed by atoms with Crippen LogP contribution in [0.5, 0.6) is 0 Å². The van der Waals surface area contributed by atoms with E-state index in [1.165, 1.54) is 21.2 Å². The number of hydrogen-bond acceptors (Lipinski definition) is 2. The van der Waals surface area contributed by atoms with Crippen molar-refractivity contribution in [1.82, 2.24) is 10.6 Å². The molecule has 0 aliphatic rings. The van der Waals surface area contributed by atoms with Gasteiger partial charge in [0.15, 0.2) is 5.96 Å². The zero-order chi connectivity index (χ0) is 27.1. The van der Waals surface area contributed by atoms with Crippen LogP contribution in [-0.4, -0.2) is 11.9 Å². The van der Waals surface area contributed by atoms with Crippen LogP contribution in [0, 0.1) is 10.8 Å². The average Bonchev–Trinajstić information content (AvgIpc) is 2.99. The van der Waals surface area contributed by atoms with Crippen LogP contribution < -0.4 is 37.6 Å². The molecule has 5 aromatic carbocycles. The molecule has 5 nitrogen and oxygen atoms in total. The molecule has 6 heteroatoms. The molecule has 0 saturated heterocycles. The number of benzene rings is 5. The van der Waals surface area contributed by atoms with Crippen molar-refractivity contribution in [3.63, 3.8) is 0 Å². The van der Waals surface area contributed by atoms with Gasteiger partial charge in [0.2, 0.25) is 0 Å². The Kier molecular flexibility index (Phi) is 7.81. The van der Waals surface area contributed by atoms with Crippen molar-refractivity contribution in [2.75, 3.05) is 0 Å². The summed E-state index contributed by atoms with van der Waals surface area (Å²) in [6.45, 7) is 0.470. The summed E-state index contributed by atoms with van der Waals surface area (Å²) < 4.78 is 0. The fraction of sp³-hybridized carbons (Fsp3) is 0.0303. The van der Waals surface area contributed by atoms with Crippen LogP contribution in [0.2, 0.25) is 0 Å². The molecule has 5 rings (SSSR count). The van der Waals surface area contributed by atoms with E-state index in [1.807, 2.05) is 12.1 Å². The first-order chi connectivity index (χ1) is 19.1. The normalized spacial score (nSPS) is 11.4. The molecule has 0 saturated carbocycles. The van der Waals surface area contributed by atoms with E-state index in [0.29, 0.717) is 6.54 Å². The summed E-state index contributed by atoms with van der Waals surface area (Å²) in [5, 5.41) is 25.8. The van der Waals surface area contributed by atoms with Gasteiger partial charge >= 0.3 is 213 Å². The van der Waals surface area contributed by atoms with Crippen LogP contribution in [0.25, 0.3) is 11.1 Å². The van der Waals surface area contributed by atoms with Gasteiger partial charge in [0, 0.05) is 0 Å². The predicted octanol–water partition coefficient (Wildman–Crippen LogP) is 4.21. The minimum atomic E-state index is -2.52. The SMILES string of the molecule is N=C(N)NC(=N)NCc1ccc(-c2ccc([PH](c3ccccc3)(c3ccccc3)c3ccccc3)cc2)cc1. The average molecular weight is 530 g/mol. The Hall–Kier alpha value is -4.73. The van der Waals surface area contributed by atoms with Crippen molar-refractivity contribution in [2.24, 2.45) is 5.73 Å². The molecule has 6 N–H and O–H groups in total. The van der Waals surface area contributed by atoms with E-state index in [1.54, 1.807) is 0 Å². The Morgan fingerprint density at radius 2 is 0.923 bits per heavy atom. The fourth-order valence-corrected chi connectivity index (χ4v) is 9.91. The Bertz CT molecular complexity index is 1440. The molecule has 194 valence electrons. The summed E-state index contributed by atoms with van der Waals surface area (Å²) in [4.78, 5) is 0. The van der Waals surface area contributed by atoms with E-state index in [-0.39, 0.29) is 11.9 Å². The molecule has 0 aliphatic carbocycles. The summed E-state index contributed by atoms with van der Waals surface area (Å²) >= 11 is 0. The topological polar surface area (TPSA) is 97.8 Å². The monoisotopic (exact) mass is 529 g/mol. The molecule has 0 radical (unpaired) electrons. The number of guanidine groups is 2. The number of nitrogens with one attached hydrogen (secondary N) is 4. The molecule has 0 spiro atoms. The van der Waals surface area contributed by atoms with Crippen molar-refractivity contribution >= 4 is 40.4 Å². The fourth-order valence-electron chi connectivity index (χ4n) is 5.16. The van der Waals surface area contributed by atoms with Crippen LogP contribution in [-0.2, 0) is 6.54 Å². The molecular formula is C33H32N5P. The molecule has 0 aromatic heterocycles. The predicted molar refractivity (Wildman–Crippen MR) is 168 cm³/mol. The van der Waals surface area contributed by atoms with Gasteiger partial charge in [-0.1, -0.05) is 0 Å². The Morgan fingerprint density at radius 3 is 1.33 bits per heavy atom. The van der Waals surface area contributed by atoms with Crippen LogP contribution in [0.3, 0.4) is 0 Å². The summed E-state index contributed by atoms with van der Waals surface area (Å²) in [6.07, 6.45) is 0. The van der Waals surface area contributed by atoms with E-state index < -0.39 is 7.26 Å². The molecule has 0 heterocycles. The minimum absolute atomic E-state index is 0.00469. The molecule has 0 fully saturated rings. The van der Waals surface area contributed by atoms with E-state index in [4.69, 9.17) is 16.6 Å². The van der Waals surface area contributed by atoms with Crippen LogP contribution in [0.15, 0.2) is 140 Å². The molecule has 0 atom stereocenters. The van der Waals surface area contributed by atoms with E-state index in [0.717, 1.165) is 16.7 Å².